The molecule has 1 saturated heterocycles. The molecule has 1 fully saturated rings. The fourth-order valence-corrected chi connectivity index (χ4v) is 3.21. The Morgan fingerprint density at radius 3 is 2.83 bits per heavy atom. The van der Waals surface area contributed by atoms with Gasteiger partial charge in [-0.15, -0.1) is 11.3 Å². The van der Waals surface area contributed by atoms with Crippen LogP contribution in [0, 0.1) is 0 Å². The fourth-order valence-electron chi connectivity index (χ4n) is 1.74. The van der Waals surface area contributed by atoms with Gasteiger partial charge < -0.3 is 15.2 Å². The lowest BCUT2D eigenvalue weighted by Crippen LogP contribution is -2.55. The molecule has 7 heteroatoms. The van der Waals surface area contributed by atoms with Crippen LogP contribution < -0.4 is 5.32 Å². The summed E-state index contributed by atoms with van der Waals surface area (Å²) in [5.74, 6) is -1.39. The Kier molecular flexibility index (Phi) is 4.23. The zero-order valence-corrected chi connectivity index (χ0v) is 12.4. The molecule has 2 N–H and O–H groups in total. The van der Waals surface area contributed by atoms with Crippen LogP contribution in [-0.4, -0.2) is 35.7 Å². The van der Waals surface area contributed by atoms with E-state index < -0.39 is 11.5 Å². The van der Waals surface area contributed by atoms with E-state index >= 15 is 0 Å². The largest absolute Gasteiger partial charge is 0.479 e. The molecule has 2 heterocycles. The smallest absolute Gasteiger partial charge is 0.331 e. The first-order valence-electron chi connectivity index (χ1n) is 5.36. The average Bonchev–Trinajstić information content (AvgIpc) is 2.97. The number of carboxylic acid groups (broad SMARTS) is 1. The molecule has 0 radical (unpaired) electrons. The Hall–Kier alpha value is -0.670. The van der Waals surface area contributed by atoms with Crippen LogP contribution >= 0.6 is 33.9 Å². The molecule has 1 amide bonds. The maximum absolute atomic E-state index is 12.0. The number of amides is 1. The molecule has 2 rings (SSSR count). The number of hydrogen-bond donors (Lipinski definition) is 2. The molecule has 0 saturated carbocycles. The molecule has 0 unspecified atom stereocenters. The van der Waals surface area contributed by atoms with Gasteiger partial charge in [-0.05, 0) is 12.1 Å². The minimum atomic E-state index is -1.27. The van der Waals surface area contributed by atoms with Gasteiger partial charge in [-0.1, -0.05) is 22.6 Å². The second-order valence-electron chi connectivity index (χ2n) is 4.04. The van der Waals surface area contributed by atoms with Crippen LogP contribution in [0.3, 0.4) is 0 Å². The van der Waals surface area contributed by atoms with Crippen molar-refractivity contribution in [2.45, 2.75) is 16.4 Å². The van der Waals surface area contributed by atoms with Gasteiger partial charge in [0.15, 0.2) is 5.54 Å². The van der Waals surface area contributed by atoms with Crippen LogP contribution in [0.15, 0.2) is 12.1 Å². The maximum Gasteiger partial charge on any atom is 0.331 e. The number of aliphatic carboxylic acids is 1. The first-order valence-corrected chi connectivity index (χ1v) is 7.70. The number of rotatable bonds is 4. The molecule has 1 aliphatic heterocycles. The normalized spacial score (nSPS) is 22.9. The Labute approximate surface area is 122 Å². The van der Waals surface area contributed by atoms with Crippen molar-refractivity contribution in [1.29, 1.82) is 0 Å². The summed E-state index contributed by atoms with van der Waals surface area (Å²) in [6.45, 7) is 0.384. The second-order valence-corrected chi connectivity index (χ2v) is 5.97. The average molecular weight is 381 g/mol. The van der Waals surface area contributed by atoms with E-state index in [-0.39, 0.29) is 12.5 Å². The van der Waals surface area contributed by atoms with Crippen LogP contribution in [-0.2, 0) is 14.0 Å². The van der Waals surface area contributed by atoms with E-state index in [2.05, 4.69) is 27.9 Å². The van der Waals surface area contributed by atoms with Gasteiger partial charge in [0.2, 0.25) is 0 Å². The number of hydrogen-bond acceptors (Lipinski definition) is 4. The Bertz CT molecular complexity index is 467. The number of alkyl halides is 1. The number of carboxylic acids is 1. The van der Waals surface area contributed by atoms with E-state index in [9.17, 15) is 14.7 Å². The number of halogens is 1. The molecule has 1 aliphatic rings. The first kappa shape index (κ1) is 13.8. The molecule has 0 bridgehead atoms. The van der Waals surface area contributed by atoms with Gasteiger partial charge in [-0.25, -0.2) is 4.79 Å². The van der Waals surface area contributed by atoms with Gasteiger partial charge in [0.05, 0.1) is 11.5 Å². The van der Waals surface area contributed by atoms with Crippen LogP contribution in [0.5, 0.6) is 0 Å². The number of ether oxygens (including phenoxy) is 1. The van der Waals surface area contributed by atoms with Gasteiger partial charge in [-0.3, -0.25) is 4.79 Å². The van der Waals surface area contributed by atoms with Gasteiger partial charge in [0.1, 0.15) is 0 Å². The van der Waals surface area contributed by atoms with E-state index in [1.54, 1.807) is 6.07 Å². The van der Waals surface area contributed by atoms with Crippen molar-refractivity contribution in [2.75, 3.05) is 13.2 Å². The quantitative estimate of drug-likeness (QED) is 0.615. The van der Waals surface area contributed by atoms with E-state index in [1.165, 1.54) is 11.3 Å². The zero-order chi connectivity index (χ0) is 13.2. The van der Waals surface area contributed by atoms with Crippen LogP contribution in [0.4, 0.5) is 0 Å². The van der Waals surface area contributed by atoms with E-state index in [1.807, 2.05) is 6.07 Å². The highest BCUT2D eigenvalue weighted by Gasteiger charge is 2.44. The molecule has 98 valence electrons. The fraction of sp³-hybridized carbons (Fsp3) is 0.455. The molecule has 0 aliphatic carbocycles. The van der Waals surface area contributed by atoms with E-state index in [4.69, 9.17) is 4.74 Å². The summed E-state index contributed by atoms with van der Waals surface area (Å²) in [4.78, 5) is 24.9. The lowest BCUT2D eigenvalue weighted by atomic mass is 9.99. The van der Waals surface area contributed by atoms with E-state index in [0.29, 0.717) is 17.9 Å². The van der Waals surface area contributed by atoms with Gasteiger partial charge in [-0.2, -0.15) is 0 Å². The minimum Gasteiger partial charge on any atom is -0.479 e. The monoisotopic (exact) mass is 381 g/mol. The first-order chi connectivity index (χ1) is 8.57. The molecule has 1 atom stereocenters. The standard InChI is InChI=1S/C11H12INO4S/c12-5-7-1-2-8(18-7)9(14)13-11(10(15)16)3-4-17-6-11/h1-2H,3-6H2,(H,13,14)(H,15,16)/t11-/m0/s1. The van der Waals surface area contributed by atoms with Crippen LogP contribution in [0.25, 0.3) is 0 Å². The Morgan fingerprint density at radius 2 is 2.33 bits per heavy atom. The number of thiophene rings is 1. The van der Waals surface area contributed by atoms with Crippen molar-refractivity contribution in [1.82, 2.24) is 5.32 Å². The molecule has 5 nitrogen and oxygen atoms in total. The third-order valence-corrected chi connectivity index (χ3v) is 5.22. The van der Waals surface area contributed by atoms with Crippen molar-refractivity contribution in [3.05, 3.63) is 21.9 Å². The minimum absolute atomic E-state index is 0.0264. The van der Waals surface area contributed by atoms with Crippen molar-refractivity contribution in [2.24, 2.45) is 0 Å². The summed E-state index contributed by atoms with van der Waals surface area (Å²) in [6, 6.07) is 3.60. The summed E-state index contributed by atoms with van der Waals surface area (Å²) in [6.07, 6.45) is 0.304. The molecule has 0 aromatic carbocycles. The number of carbonyl (C=O) groups is 2. The highest BCUT2D eigenvalue weighted by Crippen LogP contribution is 2.23. The van der Waals surface area contributed by atoms with Crippen molar-refractivity contribution in [3.8, 4) is 0 Å². The highest BCUT2D eigenvalue weighted by molar-refractivity contribution is 14.1. The molecule has 1 aromatic rings. The topological polar surface area (TPSA) is 75.6 Å². The predicted octanol–water partition coefficient (Wildman–Crippen LogP) is 1.66. The maximum atomic E-state index is 12.0. The Balaban J connectivity index is 2.12. The van der Waals surface area contributed by atoms with Crippen molar-refractivity contribution >= 4 is 45.8 Å². The number of carbonyl (C=O) groups excluding carboxylic acids is 1. The summed E-state index contributed by atoms with van der Waals surface area (Å²) >= 11 is 3.60. The van der Waals surface area contributed by atoms with Crippen LogP contribution in [0.2, 0.25) is 0 Å². The summed E-state index contributed by atoms with van der Waals surface area (Å²) in [7, 11) is 0. The molecule has 1 aromatic heterocycles. The van der Waals surface area contributed by atoms with Gasteiger partial charge in [0.25, 0.3) is 5.91 Å². The lowest BCUT2D eigenvalue weighted by molar-refractivity contribution is -0.144. The zero-order valence-electron chi connectivity index (χ0n) is 9.44. The number of nitrogens with one attached hydrogen (secondary N) is 1. The summed E-state index contributed by atoms with van der Waals surface area (Å²) in [5.41, 5.74) is -1.27. The molecule has 0 spiro atoms. The van der Waals surface area contributed by atoms with Crippen molar-refractivity contribution in [3.63, 3.8) is 0 Å². The van der Waals surface area contributed by atoms with Gasteiger partial charge in [0, 0.05) is 22.3 Å². The van der Waals surface area contributed by atoms with Gasteiger partial charge >= 0.3 is 5.97 Å². The highest BCUT2D eigenvalue weighted by atomic mass is 127. The van der Waals surface area contributed by atoms with Crippen LogP contribution in [0.1, 0.15) is 21.0 Å². The third kappa shape index (κ3) is 2.67. The van der Waals surface area contributed by atoms with Crippen molar-refractivity contribution < 1.29 is 19.4 Å². The SMILES string of the molecule is O=C(N[C@@]1(C(=O)O)CCOC1)c1ccc(CI)s1. The van der Waals surface area contributed by atoms with E-state index in [0.717, 1.165) is 9.30 Å². The second kappa shape index (κ2) is 5.54. The summed E-state index contributed by atoms with van der Waals surface area (Å²) < 4.78 is 5.93. The summed E-state index contributed by atoms with van der Waals surface area (Å²) in [5, 5.41) is 11.8. The third-order valence-electron chi connectivity index (χ3n) is 2.80. The molecular weight excluding hydrogens is 369 g/mol. The molecular formula is C11H12INO4S. The Morgan fingerprint density at radius 1 is 1.56 bits per heavy atom. The lowest BCUT2D eigenvalue weighted by Gasteiger charge is -2.23. The predicted molar refractivity (Wildman–Crippen MR) is 75.3 cm³/mol. The molecule has 18 heavy (non-hydrogen) atoms.